The van der Waals surface area contributed by atoms with Crippen LogP contribution in [0.4, 0.5) is 0 Å². The number of aliphatic hydroxyl groups is 2. The zero-order valence-corrected chi connectivity index (χ0v) is 43.5. The predicted octanol–water partition coefficient (Wildman–Crippen LogP) is 17.9. The van der Waals surface area contributed by atoms with Gasteiger partial charge in [0.1, 0.15) is 0 Å². The minimum Gasteiger partial charge on any atom is -0.466 e. The largest absolute Gasteiger partial charge is 0.466 e. The van der Waals surface area contributed by atoms with E-state index < -0.39 is 12.1 Å². The Hall–Kier alpha value is -1.14. The Morgan fingerprint density at radius 3 is 0.953 bits per heavy atom. The van der Waals surface area contributed by atoms with Gasteiger partial charge < -0.3 is 20.3 Å². The summed E-state index contributed by atoms with van der Waals surface area (Å²) >= 11 is 0. The number of hydrogen-bond donors (Lipinski definition) is 3. The van der Waals surface area contributed by atoms with Gasteiger partial charge in [0.15, 0.2) is 0 Å². The molecule has 382 valence electrons. The Morgan fingerprint density at radius 2 is 0.641 bits per heavy atom. The van der Waals surface area contributed by atoms with Gasteiger partial charge in [-0.1, -0.05) is 296 Å². The van der Waals surface area contributed by atoms with Crippen molar-refractivity contribution in [3.8, 4) is 0 Å². The predicted molar refractivity (Wildman–Crippen MR) is 278 cm³/mol. The highest BCUT2D eigenvalue weighted by Crippen LogP contribution is 2.18. The van der Waals surface area contributed by atoms with Crippen LogP contribution in [-0.4, -0.2) is 47.4 Å². The molecule has 0 saturated heterocycles. The van der Waals surface area contributed by atoms with Gasteiger partial charge in [-0.05, 0) is 25.7 Å². The first-order chi connectivity index (χ1) is 31.5. The number of unbranched alkanes of at least 4 members (excludes halogenated alkanes) is 44. The lowest BCUT2D eigenvalue weighted by Crippen LogP contribution is -2.45. The average Bonchev–Trinajstić information content (AvgIpc) is 3.29. The third kappa shape index (κ3) is 50.3. The SMILES string of the molecule is CCCCCCCCCCCCCCC(=O)OCCCCCCCCCCCCCCCCCCCCCCCCCCCCC(=O)NC(CO)C(O)CCCCCCCCCCC. The summed E-state index contributed by atoms with van der Waals surface area (Å²) in [5.41, 5.74) is 0. The minimum absolute atomic E-state index is 0.0184. The van der Waals surface area contributed by atoms with E-state index in [1.54, 1.807) is 0 Å². The van der Waals surface area contributed by atoms with E-state index in [9.17, 15) is 19.8 Å². The van der Waals surface area contributed by atoms with Crippen molar-refractivity contribution in [2.24, 2.45) is 0 Å². The quantitative estimate of drug-likeness (QED) is 0.0417. The lowest BCUT2D eigenvalue weighted by atomic mass is 10.0. The van der Waals surface area contributed by atoms with Crippen molar-refractivity contribution < 1.29 is 24.5 Å². The van der Waals surface area contributed by atoms with Gasteiger partial charge in [-0.25, -0.2) is 0 Å². The van der Waals surface area contributed by atoms with Crippen LogP contribution in [0.1, 0.15) is 335 Å². The molecule has 0 radical (unpaired) electrons. The van der Waals surface area contributed by atoms with Crippen LogP contribution in [0.5, 0.6) is 0 Å². The summed E-state index contributed by atoms with van der Waals surface area (Å²) in [4.78, 5) is 24.4. The van der Waals surface area contributed by atoms with Crippen LogP contribution in [0, 0.1) is 0 Å². The van der Waals surface area contributed by atoms with Crippen LogP contribution in [0.3, 0.4) is 0 Å². The first-order valence-corrected chi connectivity index (χ1v) is 29.3. The number of nitrogens with one attached hydrogen (secondary N) is 1. The van der Waals surface area contributed by atoms with Gasteiger partial charge in [0.25, 0.3) is 0 Å². The fourth-order valence-corrected chi connectivity index (χ4v) is 9.41. The molecule has 0 fully saturated rings. The summed E-state index contributed by atoms with van der Waals surface area (Å²) in [6.07, 6.45) is 62.6. The van der Waals surface area contributed by atoms with E-state index in [0.29, 0.717) is 25.9 Å². The molecule has 0 aliphatic heterocycles. The monoisotopic (exact) mass is 906 g/mol. The maximum Gasteiger partial charge on any atom is 0.305 e. The number of amides is 1. The number of carbonyl (C=O) groups is 2. The fraction of sp³-hybridized carbons (Fsp3) is 0.966. The molecule has 6 nitrogen and oxygen atoms in total. The Kier molecular flexibility index (Phi) is 53.5. The molecule has 64 heavy (non-hydrogen) atoms. The highest BCUT2D eigenvalue weighted by Gasteiger charge is 2.20. The highest BCUT2D eigenvalue weighted by atomic mass is 16.5. The van der Waals surface area contributed by atoms with Crippen LogP contribution < -0.4 is 5.32 Å². The number of carbonyl (C=O) groups excluding carboxylic acids is 2. The summed E-state index contributed by atoms with van der Waals surface area (Å²) in [6.45, 7) is 4.95. The smallest absolute Gasteiger partial charge is 0.305 e. The second-order valence-electron chi connectivity index (χ2n) is 20.3. The third-order valence-corrected chi connectivity index (χ3v) is 13.9. The molecule has 0 aliphatic carbocycles. The zero-order valence-electron chi connectivity index (χ0n) is 43.5. The Morgan fingerprint density at radius 1 is 0.375 bits per heavy atom. The van der Waals surface area contributed by atoms with Crippen molar-refractivity contribution in [1.82, 2.24) is 5.32 Å². The fourth-order valence-electron chi connectivity index (χ4n) is 9.41. The highest BCUT2D eigenvalue weighted by molar-refractivity contribution is 5.76. The summed E-state index contributed by atoms with van der Waals surface area (Å²) in [7, 11) is 0. The van der Waals surface area contributed by atoms with Crippen molar-refractivity contribution in [2.75, 3.05) is 13.2 Å². The number of hydrogen-bond acceptors (Lipinski definition) is 5. The number of ether oxygens (including phenoxy) is 1. The summed E-state index contributed by atoms with van der Waals surface area (Å²) in [5, 5.41) is 23.1. The number of aliphatic hydroxyl groups excluding tert-OH is 2. The van der Waals surface area contributed by atoms with E-state index in [2.05, 4.69) is 19.2 Å². The Bertz CT molecular complexity index is 913. The molecule has 0 aliphatic rings. The van der Waals surface area contributed by atoms with Gasteiger partial charge in [-0.15, -0.1) is 0 Å². The van der Waals surface area contributed by atoms with Gasteiger partial charge in [0.05, 0.1) is 25.4 Å². The van der Waals surface area contributed by atoms with Crippen molar-refractivity contribution in [3.63, 3.8) is 0 Å². The normalized spacial score (nSPS) is 12.5. The van der Waals surface area contributed by atoms with Gasteiger partial charge in [-0.3, -0.25) is 9.59 Å². The maximum absolute atomic E-state index is 12.4. The standard InChI is InChI=1S/C58H115NO5/c1-3-5-7-9-11-13-14-32-36-40-44-48-52-58(63)64-53-49-45-41-37-33-30-28-26-24-22-20-18-16-15-17-19-21-23-25-27-29-31-35-39-43-47-51-57(62)59-55(54-60)56(61)50-46-42-38-34-12-10-8-6-4-2/h55-56,60-61H,3-54H2,1-2H3,(H,59,62). The summed E-state index contributed by atoms with van der Waals surface area (Å²) in [5.74, 6) is -0.0150. The molecule has 0 bridgehead atoms. The molecule has 0 aromatic heterocycles. The minimum atomic E-state index is -0.659. The Balaban J connectivity index is 3.30. The van der Waals surface area contributed by atoms with Gasteiger partial charge in [0.2, 0.25) is 5.91 Å². The number of esters is 1. The molecule has 0 spiro atoms. The van der Waals surface area contributed by atoms with E-state index in [-0.39, 0.29) is 18.5 Å². The van der Waals surface area contributed by atoms with Gasteiger partial charge >= 0.3 is 5.97 Å². The molecule has 0 aromatic carbocycles. The number of rotatable bonds is 55. The third-order valence-electron chi connectivity index (χ3n) is 13.9. The van der Waals surface area contributed by atoms with Gasteiger partial charge in [-0.2, -0.15) is 0 Å². The molecule has 0 saturated carbocycles. The van der Waals surface area contributed by atoms with Crippen LogP contribution in [0.15, 0.2) is 0 Å². The lowest BCUT2D eigenvalue weighted by Gasteiger charge is -2.22. The van der Waals surface area contributed by atoms with Crippen molar-refractivity contribution in [2.45, 2.75) is 347 Å². The van der Waals surface area contributed by atoms with E-state index in [4.69, 9.17) is 4.74 Å². The van der Waals surface area contributed by atoms with Crippen LogP contribution in [0.2, 0.25) is 0 Å². The summed E-state index contributed by atoms with van der Waals surface area (Å²) < 4.78 is 5.47. The van der Waals surface area contributed by atoms with Crippen LogP contribution in [0.25, 0.3) is 0 Å². The zero-order chi connectivity index (χ0) is 46.5. The molecule has 0 aromatic rings. The molecular weight excluding hydrogens is 791 g/mol. The molecule has 2 unspecified atom stereocenters. The molecule has 0 rings (SSSR count). The molecule has 1 amide bonds. The molecule has 0 heterocycles. The molecule has 2 atom stereocenters. The Labute approximate surface area is 400 Å². The molecule has 6 heteroatoms. The second-order valence-corrected chi connectivity index (χ2v) is 20.3. The topological polar surface area (TPSA) is 95.9 Å². The van der Waals surface area contributed by atoms with E-state index in [0.717, 1.165) is 38.5 Å². The first kappa shape index (κ1) is 62.9. The van der Waals surface area contributed by atoms with Crippen LogP contribution >= 0.6 is 0 Å². The van der Waals surface area contributed by atoms with Crippen molar-refractivity contribution in [3.05, 3.63) is 0 Å². The van der Waals surface area contributed by atoms with E-state index in [1.165, 1.54) is 263 Å². The molecule has 3 N–H and O–H groups in total. The summed E-state index contributed by atoms with van der Waals surface area (Å²) in [6, 6.07) is -0.536. The second kappa shape index (κ2) is 54.5. The van der Waals surface area contributed by atoms with E-state index >= 15 is 0 Å². The van der Waals surface area contributed by atoms with Crippen LogP contribution in [-0.2, 0) is 14.3 Å². The van der Waals surface area contributed by atoms with E-state index in [1.807, 2.05) is 0 Å². The maximum atomic E-state index is 12.4. The van der Waals surface area contributed by atoms with Crippen molar-refractivity contribution >= 4 is 11.9 Å². The lowest BCUT2D eigenvalue weighted by molar-refractivity contribution is -0.143. The van der Waals surface area contributed by atoms with Gasteiger partial charge in [0, 0.05) is 12.8 Å². The molecular formula is C58H115NO5. The first-order valence-electron chi connectivity index (χ1n) is 29.3. The average molecular weight is 907 g/mol. The van der Waals surface area contributed by atoms with Crippen molar-refractivity contribution in [1.29, 1.82) is 0 Å².